The molecule has 0 saturated heterocycles. The van der Waals surface area contributed by atoms with Gasteiger partial charge in [0.1, 0.15) is 0 Å². The first-order valence-electron chi connectivity index (χ1n) is 7.29. The maximum absolute atomic E-state index is 6.02. The summed E-state index contributed by atoms with van der Waals surface area (Å²) in [6.07, 6.45) is 2.17. The molecule has 0 spiro atoms. The minimum absolute atomic E-state index is 0.389. The fourth-order valence-electron chi connectivity index (χ4n) is 2.37. The van der Waals surface area contributed by atoms with Gasteiger partial charge in [0.25, 0.3) is 0 Å². The Morgan fingerprint density at radius 2 is 1.75 bits per heavy atom. The summed E-state index contributed by atoms with van der Waals surface area (Å²) >= 11 is 6.02. The molecule has 1 N–H and O–H groups in total. The molecule has 1 nitrogen and oxygen atoms in total. The van der Waals surface area contributed by atoms with Gasteiger partial charge in [0.15, 0.2) is 0 Å². The normalized spacial score (nSPS) is 12.3. The summed E-state index contributed by atoms with van der Waals surface area (Å²) in [5.41, 5.74) is 3.96. The Bertz CT molecular complexity index is 533. The molecule has 0 amide bonds. The predicted molar refractivity (Wildman–Crippen MR) is 87.1 cm³/mol. The average molecular weight is 288 g/mol. The highest BCUT2D eigenvalue weighted by molar-refractivity contribution is 6.30. The van der Waals surface area contributed by atoms with E-state index in [-0.39, 0.29) is 0 Å². The van der Waals surface area contributed by atoms with Crippen LogP contribution in [0, 0.1) is 0 Å². The third-order valence-corrected chi connectivity index (χ3v) is 3.88. The number of aryl methyl sites for hydroxylation is 1. The molecule has 1 atom stereocenters. The van der Waals surface area contributed by atoms with Gasteiger partial charge in [-0.05, 0) is 41.7 Å². The molecule has 0 aliphatic heterocycles. The van der Waals surface area contributed by atoms with Crippen LogP contribution in [0.3, 0.4) is 0 Å². The summed E-state index contributed by atoms with van der Waals surface area (Å²) in [5, 5.41) is 4.40. The fraction of sp³-hybridized carbons (Fsp3) is 0.333. The molecule has 106 valence electrons. The molecule has 0 saturated carbocycles. The molecule has 2 aromatic rings. The number of benzene rings is 2. The Morgan fingerprint density at radius 3 is 2.35 bits per heavy atom. The van der Waals surface area contributed by atoms with Gasteiger partial charge in [0.2, 0.25) is 0 Å². The highest BCUT2D eigenvalue weighted by Crippen LogP contribution is 2.19. The third kappa shape index (κ3) is 4.09. The maximum atomic E-state index is 6.02. The average Bonchev–Trinajstić information content (AvgIpc) is 2.48. The van der Waals surface area contributed by atoms with Crippen molar-refractivity contribution in [1.29, 1.82) is 0 Å². The molecule has 0 aromatic heterocycles. The number of hydrogen-bond acceptors (Lipinski definition) is 1. The lowest BCUT2D eigenvalue weighted by Gasteiger charge is -2.18. The van der Waals surface area contributed by atoms with Crippen molar-refractivity contribution in [3.05, 3.63) is 70.2 Å². The van der Waals surface area contributed by atoms with E-state index in [1.807, 2.05) is 18.2 Å². The molecule has 1 unspecified atom stereocenters. The Morgan fingerprint density at radius 1 is 1.00 bits per heavy atom. The fourth-order valence-corrected chi connectivity index (χ4v) is 2.58. The smallest absolute Gasteiger partial charge is 0.0409 e. The summed E-state index contributed by atoms with van der Waals surface area (Å²) < 4.78 is 0. The van der Waals surface area contributed by atoms with Crippen LogP contribution in [-0.2, 0) is 13.0 Å². The standard InChI is InChI=1S/C18H22ClN/c1-3-14-8-10-16(11-9-14)18(4-2)20-13-15-6-5-7-17(19)12-15/h5-12,18,20H,3-4,13H2,1-2H3. The van der Waals surface area contributed by atoms with Crippen molar-refractivity contribution in [3.63, 3.8) is 0 Å². The lowest BCUT2D eigenvalue weighted by atomic mass is 10.0. The summed E-state index contributed by atoms with van der Waals surface area (Å²) in [6, 6.07) is 17.3. The number of hydrogen-bond donors (Lipinski definition) is 1. The Hall–Kier alpha value is -1.31. The van der Waals surface area contributed by atoms with Gasteiger partial charge in [-0.2, -0.15) is 0 Å². The lowest BCUT2D eigenvalue weighted by Crippen LogP contribution is -2.20. The van der Waals surface area contributed by atoms with Gasteiger partial charge >= 0.3 is 0 Å². The first-order valence-corrected chi connectivity index (χ1v) is 7.67. The van der Waals surface area contributed by atoms with Gasteiger partial charge in [-0.1, -0.05) is 61.8 Å². The van der Waals surface area contributed by atoms with Crippen LogP contribution in [-0.4, -0.2) is 0 Å². The first-order chi connectivity index (χ1) is 9.72. The van der Waals surface area contributed by atoms with E-state index >= 15 is 0 Å². The SMILES string of the molecule is CCc1ccc(C(CC)NCc2cccc(Cl)c2)cc1. The van der Waals surface area contributed by atoms with Crippen LogP contribution in [0.1, 0.15) is 43.0 Å². The lowest BCUT2D eigenvalue weighted by molar-refractivity contribution is 0.519. The monoisotopic (exact) mass is 287 g/mol. The second-order valence-corrected chi connectivity index (χ2v) is 5.50. The van der Waals surface area contributed by atoms with E-state index in [4.69, 9.17) is 11.6 Å². The van der Waals surface area contributed by atoms with Crippen LogP contribution in [0.4, 0.5) is 0 Å². The van der Waals surface area contributed by atoms with Crippen LogP contribution < -0.4 is 5.32 Å². The Kier molecular flexibility index (Phi) is 5.63. The molecule has 0 bridgehead atoms. The van der Waals surface area contributed by atoms with E-state index in [2.05, 4.69) is 49.5 Å². The third-order valence-electron chi connectivity index (χ3n) is 3.64. The van der Waals surface area contributed by atoms with Gasteiger partial charge in [-0.15, -0.1) is 0 Å². The van der Waals surface area contributed by atoms with Gasteiger partial charge < -0.3 is 5.32 Å². The molecule has 0 radical (unpaired) electrons. The van der Waals surface area contributed by atoms with Crippen LogP contribution in [0.15, 0.2) is 48.5 Å². The predicted octanol–water partition coefficient (Wildman–Crippen LogP) is 5.14. The van der Waals surface area contributed by atoms with Gasteiger partial charge in [0, 0.05) is 17.6 Å². The van der Waals surface area contributed by atoms with Crippen molar-refractivity contribution < 1.29 is 0 Å². The quantitative estimate of drug-likeness (QED) is 0.775. The molecule has 0 aliphatic carbocycles. The van der Waals surface area contributed by atoms with Gasteiger partial charge in [0.05, 0.1) is 0 Å². The molecule has 0 heterocycles. The van der Waals surface area contributed by atoms with E-state index in [1.165, 1.54) is 16.7 Å². The van der Waals surface area contributed by atoms with Crippen molar-refractivity contribution in [3.8, 4) is 0 Å². The summed E-state index contributed by atoms with van der Waals surface area (Å²) in [4.78, 5) is 0. The zero-order valence-electron chi connectivity index (χ0n) is 12.2. The molecule has 2 heteroatoms. The van der Waals surface area contributed by atoms with Crippen molar-refractivity contribution in [2.24, 2.45) is 0 Å². The van der Waals surface area contributed by atoms with Crippen molar-refractivity contribution in [2.45, 2.75) is 39.3 Å². The summed E-state index contributed by atoms with van der Waals surface area (Å²) in [5.74, 6) is 0. The van der Waals surface area contributed by atoms with Gasteiger partial charge in [-0.25, -0.2) is 0 Å². The van der Waals surface area contributed by atoms with E-state index in [1.54, 1.807) is 0 Å². The van der Waals surface area contributed by atoms with E-state index < -0.39 is 0 Å². The minimum atomic E-state index is 0.389. The summed E-state index contributed by atoms with van der Waals surface area (Å²) in [7, 11) is 0. The van der Waals surface area contributed by atoms with Crippen molar-refractivity contribution in [1.82, 2.24) is 5.32 Å². The van der Waals surface area contributed by atoms with Crippen molar-refractivity contribution >= 4 is 11.6 Å². The van der Waals surface area contributed by atoms with Crippen LogP contribution in [0.2, 0.25) is 5.02 Å². The number of rotatable bonds is 6. The topological polar surface area (TPSA) is 12.0 Å². The zero-order chi connectivity index (χ0) is 14.4. The first kappa shape index (κ1) is 15.1. The maximum Gasteiger partial charge on any atom is 0.0409 e. The zero-order valence-corrected chi connectivity index (χ0v) is 13.0. The molecule has 2 rings (SSSR count). The van der Waals surface area contributed by atoms with E-state index in [0.717, 1.165) is 24.4 Å². The molecule has 2 aromatic carbocycles. The second-order valence-electron chi connectivity index (χ2n) is 5.07. The molecule has 20 heavy (non-hydrogen) atoms. The minimum Gasteiger partial charge on any atom is -0.306 e. The number of nitrogens with one attached hydrogen (secondary N) is 1. The molecular weight excluding hydrogens is 266 g/mol. The molecule has 0 aliphatic rings. The Balaban J connectivity index is 2.01. The second kappa shape index (κ2) is 7.47. The summed E-state index contributed by atoms with van der Waals surface area (Å²) in [6.45, 7) is 5.24. The largest absolute Gasteiger partial charge is 0.306 e. The number of halogens is 1. The highest BCUT2D eigenvalue weighted by Gasteiger charge is 2.08. The molecular formula is C18H22ClN. The van der Waals surface area contributed by atoms with Crippen LogP contribution in [0.25, 0.3) is 0 Å². The Labute approximate surface area is 127 Å². The van der Waals surface area contributed by atoms with Crippen LogP contribution in [0.5, 0.6) is 0 Å². The van der Waals surface area contributed by atoms with Crippen LogP contribution >= 0.6 is 11.6 Å². The molecule has 0 fully saturated rings. The van der Waals surface area contributed by atoms with Gasteiger partial charge in [-0.3, -0.25) is 0 Å². The van der Waals surface area contributed by atoms with E-state index in [0.29, 0.717) is 6.04 Å². The highest BCUT2D eigenvalue weighted by atomic mass is 35.5. The van der Waals surface area contributed by atoms with E-state index in [9.17, 15) is 0 Å². The van der Waals surface area contributed by atoms with Crippen molar-refractivity contribution in [2.75, 3.05) is 0 Å².